The van der Waals surface area contributed by atoms with E-state index in [1.54, 1.807) is 4.90 Å². The third kappa shape index (κ3) is 6.67. The molecule has 0 aliphatic carbocycles. The van der Waals surface area contributed by atoms with Crippen molar-refractivity contribution in [1.29, 1.82) is 0 Å². The molecule has 0 aromatic heterocycles. The summed E-state index contributed by atoms with van der Waals surface area (Å²) in [6.45, 7) is 5.70. The molecular formula is C29H43N3O6. The predicted molar refractivity (Wildman–Crippen MR) is 143 cm³/mol. The quantitative estimate of drug-likeness (QED) is 0.404. The number of fused-ring (bicyclic) bond motifs is 1. The summed E-state index contributed by atoms with van der Waals surface area (Å²) in [5, 5.41) is 19.8. The van der Waals surface area contributed by atoms with Crippen LogP contribution in [0, 0.1) is 5.92 Å². The zero-order valence-corrected chi connectivity index (χ0v) is 22.6. The molecule has 9 heteroatoms. The first-order valence-electron chi connectivity index (χ1n) is 14.3. The molecule has 2 amide bonds. The Morgan fingerprint density at radius 2 is 1.97 bits per heavy atom. The molecule has 1 aromatic rings. The molecule has 210 valence electrons. The van der Waals surface area contributed by atoms with E-state index in [0.29, 0.717) is 58.6 Å². The van der Waals surface area contributed by atoms with Gasteiger partial charge in [-0.25, -0.2) is 0 Å². The Bertz CT molecular complexity index is 977. The Hall–Kier alpha value is -2.65. The first-order valence-corrected chi connectivity index (χ1v) is 14.3. The van der Waals surface area contributed by atoms with Crippen molar-refractivity contribution in [3.63, 3.8) is 0 Å². The minimum atomic E-state index is -0.861. The second-order valence-corrected chi connectivity index (χ2v) is 10.9. The summed E-state index contributed by atoms with van der Waals surface area (Å²) in [6.07, 6.45) is 6.12. The topological polar surface area (TPSA) is 111 Å². The Morgan fingerprint density at radius 3 is 2.71 bits per heavy atom. The lowest BCUT2D eigenvalue weighted by Gasteiger charge is -2.32. The van der Waals surface area contributed by atoms with Crippen molar-refractivity contribution >= 4 is 17.8 Å². The van der Waals surface area contributed by atoms with Crippen LogP contribution in [0.25, 0.3) is 0 Å². The molecule has 3 heterocycles. The Balaban J connectivity index is 1.57. The first-order chi connectivity index (χ1) is 18.4. The number of hydrogen-bond acceptors (Lipinski definition) is 6. The van der Waals surface area contributed by atoms with Gasteiger partial charge in [-0.05, 0) is 49.3 Å². The number of likely N-dealkylation sites (tertiary alicyclic amines) is 2. The van der Waals surface area contributed by atoms with Crippen molar-refractivity contribution in [1.82, 2.24) is 14.7 Å². The normalized spacial score (nSPS) is 23.4. The number of benzene rings is 1. The maximum atomic E-state index is 13.5. The number of nitrogens with zero attached hydrogens (tertiary/aromatic N) is 3. The summed E-state index contributed by atoms with van der Waals surface area (Å²) < 4.78 is 5.66. The second kappa shape index (κ2) is 13.4. The molecule has 38 heavy (non-hydrogen) atoms. The molecule has 3 aliphatic heterocycles. The van der Waals surface area contributed by atoms with Crippen molar-refractivity contribution in [3.8, 4) is 5.75 Å². The smallest absolute Gasteiger partial charge is 0.308 e. The lowest BCUT2D eigenvalue weighted by atomic mass is 9.83. The van der Waals surface area contributed by atoms with Crippen LogP contribution in [0.4, 0.5) is 0 Å². The van der Waals surface area contributed by atoms with Crippen molar-refractivity contribution in [2.24, 2.45) is 5.92 Å². The number of amides is 2. The third-order valence-electron chi connectivity index (χ3n) is 8.35. The average Bonchev–Trinajstić information content (AvgIpc) is 3.52. The van der Waals surface area contributed by atoms with E-state index in [2.05, 4.69) is 13.0 Å². The highest BCUT2D eigenvalue weighted by Crippen LogP contribution is 2.41. The number of aliphatic hydroxyl groups is 1. The van der Waals surface area contributed by atoms with Crippen LogP contribution in [-0.2, 0) is 20.8 Å². The van der Waals surface area contributed by atoms with Gasteiger partial charge in [0.25, 0.3) is 0 Å². The molecule has 3 atom stereocenters. The molecule has 0 unspecified atom stereocenters. The molecule has 0 spiro atoms. The molecule has 2 N–H and O–H groups in total. The molecule has 2 saturated heterocycles. The van der Waals surface area contributed by atoms with Crippen LogP contribution >= 0.6 is 0 Å². The first kappa shape index (κ1) is 28.4. The standard InChI is InChI=1S/C29H43N3O6/c1-2-3-12-30(14-6-16-33)27(35)20-32-19-23(21-8-9-25-22(18-21)11-17-38-25)28(29(36)37)24(32)10-15-31-13-5-4-7-26(31)34/h8-9,18,23-24,28,33H,2-7,10-17,19-20H2,1H3,(H,36,37)/t23-,24+,28-/m1/s1. The number of ether oxygens (including phenoxy) is 1. The number of unbranched alkanes of at least 4 members (excludes halogenated alkanes) is 1. The number of piperidine rings is 1. The van der Waals surface area contributed by atoms with Crippen molar-refractivity contribution < 1.29 is 29.3 Å². The van der Waals surface area contributed by atoms with E-state index in [-0.39, 0.29) is 36.9 Å². The number of aliphatic hydroxyl groups excluding tert-OH is 1. The van der Waals surface area contributed by atoms with Gasteiger partial charge in [-0.3, -0.25) is 19.3 Å². The highest BCUT2D eigenvalue weighted by molar-refractivity contribution is 5.79. The van der Waals surface area contributed by atoms with E-state index in [9.17, 15) is 24.6 Å². The average molecular weight is 530 g/mol. The van der Waals surface area contributed by atoms with Gasteiger partial charge in [0.05, 0.1) is 19.1 Å². The van der Waals surface area contributed by atoms with E-state index < -0.39 is 11.9 Å². The zero-order chi connectivity index (χ0) is 27.1. The van der Waals surface area contributed by atoms with Crippen LogP contribution in [-0.4, -0.2) is 101 Å². The van der Waals surface area contributed by atoms with Crippen LogP contribution in [0.2, 0.25) is 0 Å². The predicted octanol–water partition coefficient (Wildman–Crippen LogP) is 2.50. The van der Waals surface area contributed by atoms with Crippen LogP contribution in [0.15, 0.2) is 18.2 Å². The van der Waals surface area contributed by atoms with Crippen LogP contribution < -0.4 is 4.74 Å². The fraction of sp³-hybridized carbons (Fsp3) is 0.690. The van der Waals surface area contributed by atoms with Crippen molar-refractivity contribution in [3.05, 3.63) is 29.3 Å². The maximum absolute atomic E-state index is 13.5. The lowest BCUT2D eigenvalue weighted by molar-refractivity contribution is -0.144. The van der Waals surface area contributed by atoms with E-state index in [0.717, 1.165) is 49.0 Å². The number of carbonyl (C=O) groups is 3. The molecule has 3 aliphatic rings. The van der Waals surface area contributed by atoms with Gasteiger partial charge in [-0.15, -0.1) is 0 Å². The summed E-state index contributed by atoms with van der Waals surface area (Å²) in [4.78, 5) is 44.4. The third-order valence-corrected chi connectivity index (χ3v) is 8.35. The molecule has 9 nitrogen and oxygen atoms in total. The molecule has 0 radical (unpaired) electrons. The summed E-state index contributed by atoms with van der Waals surface area (Å²) in [7, 11) is 0. The number of rotatable bonds is 13. The number of hydrogen-bond donors (Lipinski definition) is 2. The molecule has 0 saturated carbocycles. The fourth-order valence-electron chi connectivity index (χ4n) is 6.26. The number of aliphatic carboxylic acids is 1. The molecule has 2 fully saturated rings. The number of carboxylic acid groups (broad SMARTS) is 1. The zero-order valence-electron chi connectivity index (χ0n) is 22.6. The molecule has 0 bridgehead atoms. The highest BCUT2D eigenvalue weighted by Gasteiger charge is 2.47. The lowest BCUT2D eigenvalue weighted by Crippen LogP contribution is -2.46. The van der Waals surface area contributed by atoms with Gasteiger partial charge in [0.15, 0.2) is 0 Å². The SMILES string of the molecule is CCCCN(CCCO)C(=O)CN1C[C@H](c2ccc3c(c2)CCO3)[C@@H](C(=O)O)[C@@H]1CCN1CCCCC1=O. The van der Waals surface area contributed by atoms with Gasteiger partial charge in [0.1, 0.15) is 5.75 Å². The summed E-state index contributed by atoms with van der Waals surface area (Å²) in [5.74, 6) is -0.827. The number of carboxylic acids is 1. The summed E-state index contributed by atoms with van der Waals surface area (Å²) in [6, 6.07) is 5.63. The monoisotopic (exact) mass is 529 g/mol. The van der Waals surface area contributed by atoms with E-state index in [1.807, 2.05) is 21.9 Å². The van der Waals surface area contributed by atoms with Gasteiger partial charge in [0.2, 0.25) is 11.8 Å². The summed E-state index contributed by atoms with van der Waals surface area (Å²) in [5.41, 5.74) is 2.07. The van der Waals surface area contributed by atoms with Crippen LogP contribution in [0.3, 0.4) is 0 Å². The fourth-order valence-corrected chi connectivity index (χ4v) is 6.26. The van der Waals surface area contributed by atoms with Gasteiger partial charge >= 0.3 is 5.97 Å². The van der Waals surface area contributed by atoms with E-state index >= 15 is 0 Å². The molecular weight excluding hydrogens is 486 g/mol. The highest BCUT2D eigenvalue weighted by atomic mass is 16.5. The van der Waals surface area contributed by atoms with Gasteiger partial charge in [-0.2, -0.15) is 0 Å². The van der Waals surface area contributed by atoms with Gasteiger partial charge < -0.3 is 24.7 Å². The minimum absolute atomic E-state index is 0.0251. The van der Waals surface area contributed by atoms with Crippen LogP contribution in [0.1, 0.15) is 68.9 Å². The molecule has 4 rings (SSSR count). The van der Waals surface area contributed by atoms with E-state index in [4.69, 9.17) is 4.74 Å². The van der Waals surface area contributed by atoms with Crippen molar-refractivity contribution in [2.45, 2.75) is 70.3 Å². The van der Waals surface area contributed by atoms with E-state index in [1.165, 1.54) is 0 Å². The molecule has 1 aromatic carbocycles. The largest absolute Gasteiger partial charge is 0.493 e. The Labute approximate surface area is 225 Å². The maximum Gasteiger partial charge on any atom is 0.308 e. The van der Waals surface area contributed by atoms with Gasteiger partial charge in [-0.1, -0.05) is 25.5 Å². The van der Waals surface area contributed by atoms with Crippen LogP contribution in [0.5, 0.6) is 5.75 Å². The number of carbonyl (C=O) groups excluding carboxylic acids is 2. The van der Waals surface area contributed by atoms with Crippen molar-refractivity contribution in [2.75, 3.05) is 52.5 Å². The Kier molecular flexibility index (Phi) is 10.0. The Morgan fingerprint density at radius 1 is 1.16 bits per heavy atom. The second-order valence-electron chi connectivity index (χ2n) is 10.9. The van der Waals surface area contributed by atoms with Gasteiger partial charge in [0, 0.05) is 64.1 Å². The summed E-state index contributed by atoms with van der Waals surface area (Å²) >= 11 is 0. The minimum Gasteiger partial charge on any atom is -0.493 e.